The van der Waals surface area contributed by atoms with Crippen LogP contribution < -0.4 is 10.4 Å². The van der Waals surface area contributed by atoms with Crippen LogP contribution >= 0.6 is 23.2 Å². The van der Waals surface area contributed by atoms with E-state index in [4.69, 9.17) is 27.9 Å². The maximum absolute atomic E-state index is 12.8. The number of nitrogens with zero attached hydrogens (tertiary/aromatic N) is 2. The van der Waals surface area contributed by atoms with E-state index >= 15 is 0 Å². The van der Waals surface area contributed by atoms with Gasteiger partial charge in [0, 0.05) is 36.0 Å². The summed E-state index contributed by atoms with van der Waals surface area (Å²) in [6.07, 6.45) is 3.01. The van der Waals surface area contributed by atoms with E-state index in [0.29, 0.717) is 47.4 Å². The van der Waals surface area contributed by atoms with Crippen LogP contribution in [0.3, 0.4) is 0 Å². The molecule has 35 heavy (non-hydrogen) atoms. The highest BCUT2D eigenvalue weighted by Gasteiger charge is 2.35. The summed E-state index contributed by atoms with van der Waals surface area (Å²) in [5.41, 5.74) is 3.41. The van der Waals surface area contributed by atoms with E-state index in [1.165, 1.54) is 0 Å². The zero-order chi connectivity index (χ0) is 24.5. The Kier molecular flexibility index (Phi) is 6.91. The number of aliphatic carboxylic acids is 1. The first-order chi connectivity index (χ1) is 16.9. The third-order valence-electron chi connectivity index (χ3n) is 7.10. The third-order valence-corrected chi connectivity index (χ3v) is 7.77. The van der Waals surface area contributed by atoms with Gasteiger partial charge in [-0.25, -0.2) is 4.79 Å². The minimum absolute atomic E-state index is 0.183. The maximum Gasteiger partial charge on any atom is 0.326 e. The Labute approximate surface area is 213 Å². The normalized spacial score (nSPS) is 20.1. The van der Waals surface area contributed by atoms with Gasteiger partial charge in [-0.1, -0.05) is 53.5 Å². The van der Waals surface area contributed by atoms with Gasteiger partial charge in [0.05, 0.1) is 22.5 Å². The van der Waals surface area contributed by atoms with Crippen LogP contribution in [0, 0.1) is 5.92 Å². The second kappa shape index (κ2) is 10.1. The number of H-pyrrole nitrogens is 1. The van der Waals surface area contributed by atoms with E-state index in [1.54, 1.807) is 16.7 Å². The number of aryl methyl sites for hydroxylation is 1. The van der Waals surface area contributed by atoms with E-state index in [1.807, 2.05) is 30.3 Å². The number of ether oxygens (including phenoxy) is 1. The second-order valence-electron chi connectivity index (χ2n) is 9.30. The summed E-state index contributed by atoms with van der Waals surface area (Å²) in [6, 6.07) is 13.5. The van der Waals surface area contributed by atoms with Crippen molar-refractivity contribution in [3.8, 4) is 5.75 Å². The molecule has 1 fully saturated rings. The van der Waals surface area contributed by atoms with Crippen molar-refractivity contribution in [3.05, 3.63) is 85.5 Å². The molecule has 2 atom stereocenters. The van der Waals surface area contributed by atoms with Crippen LogP contribution in [0.5, 0.6) is 5.75 Å². The second-order valence-corrected chi connectivity index (χ2v) is 10.1. The summed E-state index contributed by atoms with van der Waals surface area (Å²) in [6.45, 7) is 1.99. The zero-order valence-corrected chi connectivity index (χ0v) is 20.7. The number of hydrogen-bond donors (Lipinski definition) is 2. The number of carbonyl (C=O) groups is 1. The van der Waals surface area contributed by atoms with Crippen molar-refractivity contribution in [1.82, 2.24) is 14.5 Å². The van der Waals surface area contributed by atoms with Crippen molar-refractivity contribution in [2.24, 2.45) is 5.92 Å². The summed E-state index contributed by atoms with van der Waals surface area (Å²) in [5.74, 6) is -0.480. The van der Waals surface area contributed by atoms with Crippen LogP contribution in [0.4, 0.5) is 0 Å². The quantitative estimate of drug-likeness (QED) is 0.487. The summed E-state index contributed by atoms with van der Waals surface area (Å²) >= 11 is 13.2. The smallest absolute Gasteiger partial charge is 0.326 e. The number of benzene rings is 2. The fourth-order valence-electron chi connectivity index (χ4n) is 5.14. The minimum Gasteiger partial charge on any atom is -0.489 e. The molecule has 3 aromatic rings. The van der Waals surface area contributed by atoms with Crippen molar-refractivity contribution < 1.29 is 14.6 Å². The number of nitrogens with one attached hydrogen (secondary N) is 1. The first-order valence-corrected chi connectivity index (χ1v) is 12.6. The van der Waals surface area contributed by atoms with Crippen LogP contribution in [-0.4, -0.2) is 44.7 Å². The highest BCUT2D eigenvalue weighted by Crippen LogP contribution is 2.33. The molecule has 184 valence electrons. The lowest BCUT2D eigenvalue weighted by atomic mass is 9.94. The molecule has 7 nitrogen and oxygen atoms in total. The molecular weight excluding hydrogens is 489 g/mol. The standard InChI is InChI=1S/C26H27Cl2N3O4/c27-21-11-19(35-15-16-4-2-1-3-5-16)12-22(28)20(21)14-31-24-10-18(6-7-23(24)29-26(31)34)30-9-8-17(13-30)25(32)33/h1-5,11-12,17-18H,6-10,13-15H2,(H,29,34)(H,32,33). The number of aromatic nitrogens is 2. The van der Waals surface area contributed by atoms with Gasteiger partial charge in [0.15, 0.2) is 0 Å². The molecule has 0 radical (unpaired) electrons. The molecular formula is C26H27Cl2N3O4. The molecule has 1 aliphatic carbocycles. The summed E-state index contributed by atoms with van der Waals surface area (Å²) in [7, 11) is 0. The number of halogens is 2. The Hall–Kier alpha value is -2.74. The predicted octanol–water partition coefficient (Wildman–Crippen LogP) is 4.37. The van der Waals surface area contributed by atoms with E-state index in [9.17, 15) is 14.7 Å². The van der Waals surface area contributed by atoms with Crippen molar-refractivity contribution in [2.75, 3.05) is 13.1 Å². The monoisotopic (exact) mass is 515 g/mol. The molecule has 1 aliphatic heterocycles. The largest absolute Gasteiger partial charge is 0.489 e. The fourth-order valence-corrected chi connectivity index (χ4v) is 5.73. The number of aromatic amines is 1. The van der Waals surface area contributed by atoms with Gasteiger partial charge in [-0.05, 0) is 43.5 Å². The molecule has 2 unspecified atom stereocenters. The minimum atomic E-state index is -0.733. The molecule has 2 N–H and O–H groups in total. The van der Waals surface area contributed by atoms with Crippen molar-refractivity contribution in [3.63, 3.8) is 0 Å². The van der Waals surface area contributed by atoms with E-state index in [0.717, 1.165) is 36.3 Å². The van der Waals surface area contributed by atoms with Crippen molar-refractivity contribution in [2.45, 2.75) is 44.9 Å². The van der Waals surface area contributed by atoms with Gasteiger partial charge in [0.2, 0.25) is 0 Å². The molecule has 5 rings (SSSR count). The van der Waals surface area contributed by atoms with Crippen LogP contribution in [-0.2, 0) is 30.8 Å². The number of hydrogen-bond acceptors (Lipinski definition) is 4. The van der Waals surface area contributed by atoms with Gasteiger partial charge < -0.3 is 14.8 Å². The number of imidazole rings is 1. The van der Waals surface area contributed by atoms with Gasteiger partial charge in [-0.2, -0.15) is 0 Å². The summed E-state index contributed by atoms with van der Waals surface area (Å²) in [5, 5.41) is 10.2. The van der Waals surface area contributed by atoms with Crippen LogP contribution in [0.15, 0.2) is 47.3 Å². The third kappa shape index (κ3) is 5.13. The highest BCUT2D eigenvalue weighted by atomic mass is 35.5. The molecule has 2 heterocycles. The molecule has 0 bridgehead atoms. The topological polar surface area (TPSA) is 87.6 Å². The highest BCUT2D eigenvalue weighted by molar-refractivity contribution is 6.36. The zero-order valence-electron chi connectivity index (χ0n) is 19.2. The Balaban J connectivity index is 1.33. The van der Waals surface area contributed by atoms with Crippen LogP contribution in [0.1, 0.15) is 35.4 Å². The molecule has 1 aromatic heterocycles. The Morgan fingerprint density at radius 1 is 1.14 bits per heavy atom. The van der Waals surface area contributed by atoms with Gasteiger partial charge in [0.1, 0.15) is 12.4 Å². The van der Waals surface area contributed by atoms with Gasteiger partial charge in [0.25, 0.3) is 0 Å². The average molecular weight is 516 g/mol. The van der Waals surface area contributed by atoms with Crippen LogP contribution in [0.2, 0.25) is 10.0 Å². The lowest BCUT2D eigenvalue weighted by molar-refractivity contribution is -0.141. The van der Waals surface area contributed by atoms with Crippen molar-refractivity contribution in [1.29, 1.82) is 0 Å². The Bertz CT molecular complexity index is 1260. The number of carboxylic acids is 1. The number of rotatable bonds is 7. The van der Waals surface area contributed by atoms with E-state index in [2.05, 4.69) is 9.88 Å². The lowest BCUT2D eigenvalue weighted by Gasteiger charge is -2.31. The molecule has 1 saturated heterocycles. The molecule has 2 aromatic carbocycles. The lowest BCUT2D eigenvalue weighted by Crippen LogP contribution is -2.39. The predicted molar refractivity (Wildman–Crippen MR) is 135 cm³/mol. The SMILES string of the molecule is O=C(O)C1CCN(C2CCc3[nH]c(=O)n(Cc4c(Cl)cc(OCc5ccccc5)cc4Cl)c3C2)C1. The van der Waals surface area contributed by atoms with E-state index < -0.39 is 5.97 Å². The first-order valence-electron chi connectivity index (χ1n) is 11.8. The molecule has 2 aliphatic rings. The van der Waals surface area contributed by atoms with Crippen LogP contribution in [0.25, 0.3) is 0 Å². The van der Waals surface area contributed by atoms with Gasteiger partial charge in [-0.15, -0.1) is 0 Å². The van der Waals surface area contributed by atoms with Gasteiger partial charge >= 0.3 is 11.7 Å². The fraction of sp³-hybridized carbons (Fsp3) is 0.385. The molecule has 0 spiro atoms. The molecule has 0 saturated carbocycles. The Morgan fingerprint density at radius 3 is 2.57 bits per heavy atom. The number of fused-ring (bicyclic) bond motifs is 1. The maximum atomic E-state index is 12.8. The molecule has 9 heteroatoms. The summed E-state index contributed by atoms with van der Waals surface area (Å²) in [4.78, 5) is 29.5. The first kappa shape index (κ1) is 24.0. The average Bonchev–Trinajstić information content (AvgIpc) is 3.45. The van der Waals surface area contributed by atoms with Crippen molar-refractivity contribution >= 4 is 29.2 Å². The van der Waals surface area contributed by atoms with E-state index in [-0.39, 0.29) is 24.2 Å². The summed E-state index contributed by atoms with van der Waals surface area (Å²) < 4.78 is 7.58. The Morgan fingerprint density at radius 2 is 1.89 bits per heavy atom. The number of carboxylic acid groups (broad SMARTS) is 1. The molecule has 0 amide bonds. The van der Waals surface area contributed by atoms with Gasteiger partial charge in [-0.3, -0.25) is 14.3 Å². The number of likely N-dealkylation sites (tertiary alicyclic amines) is 1.